The van der Waals surface area contributed by atoms with E-state index in [0.717, 1.165) is 0 Å². The van der Waals surface area contributed by atoms with Crippen LogP contribution >= 0.6 is 24.8 Å². The van der Waals surface area contributed by atoms with Crippen LogP contribution in [-0.4, -0.2) is 6.88 Å². The molecule has 6 aromatic carbocycles. The summed E-state index contributed by atoms with van der Waals surface area (Å²) in [5.41, 5.74) is 14.0. The zero-order valence-electron chi connectivity index (χ0n) is 32.6. The Labute approximate surface area is 334 Å². The second kappa shape index (κ2) is 19.6. The molecule has 0 nitrogen and oxygen atoms in total. The van der Waals surface area contributed by atoms with Crippen LogP contribution in [0.25, 0.3) is 43.8 Å². The average Bonchev–Trinajstić information content (AvgIpc) is 3.64. The van der Waals surface area contributed by atoms with Crippen molar-refractivity contribution in [2.75, 3.05) is 0 Å². The molecule has 0 spiro atoms. The summed E-state index contributed by atoms with van der Waals surface area (Å²) in [7, 11) is 0. The molecule has 0 aromatic heterocycles. The Bertz CT molecular complexity index is 1930. The summed E-state index contributed by atoms with van der Waals surface area (Å²) < 4.78 is 0. The number of hydrogen-bond acceptors (Lipinski definition) is 0. The van der Waals surface area contributed by atoms with Crippen LogP contribution in [-0.2, 0) is 34.2 Å². The van der Waals surface area contributed by atoms with Gasteiger partial charge in [0.25, 0.3) is 0 Å². The fourth-order valence-corrected chi connectivity index (χ4v) is 6.18. The second-order valence-electron chi connectivity index (χ2n) is 15.1. The van der Waals surface area contributed by atoms with Crippen molar-refractivity contribution in [3.63, 3.8) is 0 Å². The van der Waals surface area contributed by atoms with E-state index in [9.17, 15) is 0 Å². The van der Waals surface area contributed by atoms with Crippen LogP contribution < -0.4 is 0 Å². The summed E-state index contributed by atoms with van der Waals surface area (Å²) in [5, 5.41) is 5.49. The fourth-order valence-electron chi connectivity index (χ4n) is 6.18. The SMILES string of the molecule is CC(C)c1cc2c(-c3ccc(C(C)(C)C)cc3)cccc2[cH-]1.Cc1cc2c(-c3ccc(C(C)(C)C)cc3)cc(C)c(C)c2[cH-]1.Cl.Cl.[CH3-].[CH3-].[Si]=[Zr]. The molecule has 0 aliphatic heterocycles. The third-order valence-corrected chi connectivity index (χ3v) is 9.24. The van der Waals surface area contributed by atoms with Crippen molar-refractivity contribution in [2.24, 2.45) is 0 Å². The van der Waals surface area contributed by atoms with Gasteiger partial charge in [0, 0.05) is 0 Å². The van der Waals surface area contributed by atoms with Crippen molar-refractivity contribution in [3.05, 3.63) is 145 Å². The molecule has 0 saturated carbocycles. The van der Waals surface area contributed by atoms with E-state index in [1.54, 1.807) is 0 Å². The molecule has 50 heavy (non-hydrogen) atoms. The van der Waals surface area contributed by atoms with E-state index >= 15 is 0 Å². The van der Waals surface area contributed by atoms with E-state index in [-0.39, 0.29) is 50.5 Å². The van der Waals surface area contributed by atoms with Gasteiger partial charge in [0.2, 0.25) is 0 Å². The zero-order chi connectivity index (χ0) is 34.0. The van der Waals surface area contributed by atoms with Crippen molar-refractivity contribution in [2.45, 2.75) is 92.9 Å². The Balaban J connectivity index is 0.000000850. The Morgan fingerprint density at radius 1 is 0.600 bits per heavy atom. The van der Waals surface area contributed by atoms with Crippen LogP contribution in [0.5, 0.6) is 0 Å². The molecule has 0 N–H and O–H groups in total. The summed E-state index contributed by atoms with van der Waals surface area (Å²) in [6.45, 7) is 27.8. The van der Waals surface area contributed by atoms with Gasteiger partial charge in [0.05, 0.1) is 0 Å². The average molecular weight is 801 g/mol. The van der Waals surface area contributed by atoms with E-state index in [1.165, 1.54) is 101 Å². The van der Waals surface area contributed by atoms with Crippen LogP contribution in [0.2, 0.25) is 0 Å². The maximum absolute atomic E-state index is 3.06. The van der Waals surface area contributed by atoms with Crippen molar-refractivity contribution < 1.29 is 23.3 Å². The van der Waals surface area contributed by atoms with E-state index in [0.29, 0.717) is 5.92 Å². The minimum absolute atomic E-state index is 0. The van der Waals surface area contributed by atoms with Gasteiger partial charge in [0.1, 0.15) is 0 Å². The first kappa shape index (κ1) is 47.8. The molecule has 0 saturated heterocycles. The van der Waals surface area contributed by atoms with Gasteiger partial charge in [-0.25, -0.2) is 0 Å². The monoisotopic (exact) mass is 798 g/mol. The van der Waals surface area contributed by atoms with Gasteiger partial charge >= 0.3 is 30.2 Å². The van der Waals surface area contributed by atoms with Gasteiger partial charge in [-0.15, -0.1) is 87.3 Å². The molecule has 0 fully saturated rings. The summed E-state index contributed by atoms with van der Waals surface area (Å²) >= 11 is 1.36. The molecule has 6 rings (SSSR count). The van der Waals surface area contributed by atoms with E-state index in [4.69, 9.17) is 0 Å². The van der Waals surface area contributed by atoms with Crippen molar-refractivity contribution in [1.29, 1.82) is 0 Å². The Morgan fingerprint density at radius 2 is 1.08 bits per heavy atom. The quantitative estimate of drug-likeness (QED) is 0.124. The van der Waals surface area contributed by atoms with Gasteiger partial charge in [0.15, 0.2) is 0 Å². The molecule has 6 aromatic rings. The molecular weight excluding hydrogens is 743 g/mol. The van der Waals surface area contributed by atoms with Crippen molar-refractivity contribution in [3.8, 4) is 22.3 Å². The van der Waals surface area contributed by atoms with Gasteiger partial charge in [-0.3, -0.25) is 0 Å². The number of benzene rings is 4. The van der Waals surface area contributed by atoms with Crippen LogP contribution in [0.1, 0.15) is 94.7 Å². The number of hydrogen-bond donors (Lipinski definition) is 0. The number of aryl methyl sites for hydroxylation is 3. The molecule has 0 unspecified atom stereocenters. The van der Waals surface area contributed by atoms with Crippen molar-refractivity contribution in [1.82, 2.24) is 0 Å². The van der Waals surface area contributed by atoms with E-state index in [2.05, 4.69) is 180 Å². The Kier molecular flexibility index (Phi) is 18.7. The first-order chi connectivity index (χ1) is 21.6. The molecule has 0 aliphatic rings. The van der Waals surface area contributed by atoms with Gasteiger partial charge < -0.3 is 14.9 Å². The number of halogens is 2. The third kappa shape index (κ3) is 10.9. The maximum atomic E-state index is 3.06. The predicted octanol–water partition coefficient (Wildman–Crippen LogP) is 14.5. The standard InChI is InChI=1S/2C22H25.2CH3.2ClH.Si.Zr/c1-14-11-19-16(3)15(2)13-20(21(19)12-14)17-7-9-18(10-8-17)22(4,5)6;1-15(2)18-13-17-7-6-8-20(21(17)14-18)16-9-11-19(12-10-16)22(3,4)5;;;;;;/h7-13H,1-6H3;6-15H,1-5H3;2*1H3;2*1H;;/q4*-1;;;;. The molecule has 0 amide bonds. The van der Waals surface area contributed by atoms with E-state index < -0.39 is 0 Å². The van der Waals surface area contributed by atoms with Crippen LogP contribution in [0.4, 0.5) is 0 Å². The van der Waals surface area contributed by atoms with Gasteiger partial charge in [-0.1, -0.05) is 147 Å². The first-order valence-corrected chi connectivity index (χ1v) is 20.7. The topological polar surface area (TPSA) is 0 Å². The molecule has 0 bridgehead atoms. The van der Waals surface area contributed by atoms with Crippen LogP contribution in [0.3, 0.4) is 0 Å². The molecule has 2 radical (unpaired) electrons. The second-order valence-corrected chi connectivity index (χ2v) is 15.1. The Hall–Kier alpha value is -2.22. The predicted molar refractivity (Wildman–Crippen MR) is 229 cm³/mol. The molecule has 4 heteroatoms. The molecule has 0 heterocycles. The van der Waals surface area contributed by atoms with Gasteiger partial charge in [-0.05, 0) is 45.9 Å². The summed E-state index contributed by atoms with van der Waals surface area (Å²) in [6.07, 6.45) is 0. The summed E-state index contributed by atoms with van der Waals surface area (Å²) in [6, 6.07) is 36.4. The van der Waals surface area contributed by atoms with Crippen LogP contribution in [0, 0.1) is 35.6 Å². The summed E-state index contributed by atoms with van der Waals surface area (Å²) in [4.78, 5) is 0. The third-order valence-electron chi connectivity index (χ3n) is 9.24. The zero-order valence-corrected chi connectivity index (χ0v) is 37.7. The van der Waals surface area contributed by atoms with E-state index in [1.807, 2.05) is 0 Å². The normalized spacial score (nSPS) is 10.8. The minimum atomic E-state index is 0. The fraction of sp³-hybridized carbons (Fsp3) is 0.304. The number of rotatable bonds is 3. The van der Waals surface area contributed by atoms with Gasteiger partial charge in [-0.2, -0.15) is 12.1 Å². The summed E-state index contributed by atoms with van der Waals surface area (Å²) in [5.74, 6) is 0.573. The Morgan fingerprint density at radius 3 is 1.54 bits per heavy atom. The van der Waals surface area contributed by atoms with Crippen LogP contribution in [0.15, 0.2) is 97.1 Å². The first-order valence-electron chi connectivity index (χ1n) is 16.5. The molecule has 0 atom stereocenters. The molecule has 0 aliphatic carbocycles. The molecule has 268 valence electrons. The molecular formula is C46H58Cl2SiZr-4. The number of fused-ring (bicyclic) bond motifs is 2. The van der Waals surface area contributed by atoms with Crippen molar-refractivity contribution >= 4 is 53.2 Å².